The maximum Gasteiger partial charge on any atom is 0.322 e. The number of methoxy groups -OCH3 is 1. The average molecular weight is 256 g/mol. The van der Waals surface area contributed by atoms with Crippen LogP contribution in [0.3, 0.4) is 0 Å². The summed E-state index contributed by atoms with van der Waals surface area (Å²) in [6.07, 6.45) is 7.00. The molecule has 0 aliphatic heterocycles. The number of ether oxygens (including phenoxy) is 1. The molecule has 0 radical (unpaired) electrons. The quantitative estimate of drug-likeness (QED) is 0.478. The van der Waals surface area contributed by atoms with Gasteiger partial charge in [0.25, 0.3) is 0 Å². The van der Waals surface area contributed by atoms with E-state index in [9.17, 15) is 4.79 Å². The van der Waals surface area contributed by atoms with Crippen molar-refractivity contribution < 1.29 is 9.53 Å². The second-order valence-corrected chi connectivity index (χ2v) is 5.32. The summed E-state index contributed by atoms with van der Waals surface area (Å²) in [4.78, 5) is 14.0. The van der Waals surface area contributed by atoms with E-state index < -0.39 is 0 Å². The first kappa shape index (κ1) is 15.4. The second-order valence-electron chi connectivity index (χ2n) is 5.32. The molecule has 1 unspecified atom stereocenters. The number of carbonyl (C=O) groups excluding carboxylic acids is 1. The number of esters is 1. The normalized spacial score (nSPS) is 16.9. The predicted octanol–water partition coefficient (Wildman–Crippen LogP) is 1.79. The first-order valence-corrected chi connectivity index (χ1v) is 7.19. The lowest BCUT2D eigenvalue weighted by Gasteiger charge is -2.21. The van der Waals surface area contributed by atoms with Crippen LogP contribution in [0.2, 0.25) is 0 Å². The summed E-state index contributed by atoms with van der Waals surface area (Å²) in [5.41, 5.74) is 0. The van der Waals surface area contributed by atoms with E-state index >= 15 is 0 Å². The minimum absolute atomic E-state index is 0.121. The van der Waals surface area contributed by atoms with Crippen molar-refractivity contribution in [3.8, 4) is 0 Å². The predicted molar refractivity (Wildman–Crippen MR) is 73.6 cm³/mol. The lowest BCUT2D eigenvalue weighted by molar-refractivity contribution is -0.143. The molecule has 0 spiro atoms. The summed E-state index contributed by atoms with van der Waals surface area (Å²) >= 11 is 0. The van der Waals surface area contributed by atoms with Gasteiger partial charge >= 0.3 is 5.97 Å². The molecule has 18 heavy (non-hydrogen) atoms. The van der Waals surface area contributed by atoms with Gasteiger partial charge in [0.05, 0.1) is 7.11 Å². The second kappa shape index (κ2) is 8.48. The summed E-state index contributed by atoms with van der Waals surface area (Å²) in [7, 11) is 3.59. The van der Waals surface area contributed by atoms with Crippen molar-refractivity contribution in [3.63, 3.8) is 0 Å². The Morgan fingerprint density at radius 2 is 2.11 bits per heavy atom. The molecule has 0 amide bonds. The zero-order valence-electron chi connectivity index (χ0n) is 12.1. The van der Waals surface area contributed by atoms with Gasteiger partial charge in [0.1, 0.15) is 6.04 Å². The molecule has 0 bridgehead atoms. The third kappa shape index (κ3) is 6.36. The molecular formula is C14H28N2O2. The van der Waals surface area contributed by atoms with Gasteiger partial charge in [0.2, 0.25) is 0 Å². The van der Waals surface area contributed by atoms with E-state index in [1.165, 1.54) is 39.2 Å². The molecule has 0 saturated heterocycles. The van der Waals surface area contributed by atoms with Crippen molar-refractivity contribution in [1.29, 1.82) is 0 Å². The van der Waals surface area contributed by atoms with E-state index in [1.807, 2.05) is 0 Å². The molecule has 0 heterocycles. The minimum Gasteiger partial charge on any atom is -0.468 e. The van der Waals surface area contributed by atoms with Gasteiger partial charge in [-0.25, -0.2) is 0 Å². The van der Waals surface area contributed by atoms with Crippen LogP contribution in [-0.2, 0) is 9.53 Å². The number of hydrogen-bond acceptors (Lipinski definition) is 4. The van der Waals surface area contributed by atoms with Crippen LogP contribution >= 0.6 is 0 Å². The fourth-order valence-electron chi connectivity index (χ4n) is 2.04. The van der Waals surface area contributed by atoms with Crippen LogP contribution < -0.4 is 5.32 Å². The van der Waals surface area contributed by atoms with Gasteiger partial charge in [-0.3, -0.25) is 4.79 Å². The lowest BCUT2D eigenvalue weighted by atomic mass is 10.2. The number of carbonyl (C=O) groups is 1. The van der Waals surface area contributed by atoms with E-state index in [4.69, 9.17) is 4.74 Å². The van der Waals surface area contributed by atoms with Crippen LogP contribution in [0.15, 0.2) is 0 Å². The first-order valence-electron chi connectivity index (χ1n) is 7.19. The van der Waals surface area contributed by atoms with Crippen LogP contribution in [0.1, 0.15) is 45.4 Å². The Hall–Kier alpha value is -0.610. The van der Waals surface area contributed by atoms with Crippen molar-refractivity contribution in [3.05, 3.63) is 0 Å². The molecule has 1 saturated carbocycles. The summed E-state index contributed by atoms with van der Waals surface area (Å²) < 4.78 is 4.85. The van der Waals surface area contributed by atoms with Crippen LogP contribution in [0, 0.1) is 0 Å². The summed E-state index contributed by atoms with van der Waals surface area (Å²) in [5.74, 6) is -0.121. The van der Waals surface area contributed by atoms with Gasteiger partial charge in [-0.2, -0.15) is 0 Å². The fraction of sp³-hybridized carbons (Fsp3) is 0.929. The summed E-state index contributed by atoms with van der Waals surface area (Å²) in [5, 5.41) is 3.36. The SMILES string of the molecule is CCCCCN(C)CCC(NC1CC1)C(=O)OC. The van der Waals surface area contributed by atoms with Gasteiger partial charge in [0.15, 0.2) is 0 Å². The Kier molecular flexibility index (Phi) is 7.28. The first-order chi connectivity index (χ1) is 8.67. The van der Waals surface area contributed by atoms with Crippen LogP contribution in [0.5, 0.6) is 0 Å². The Bertz CT molecular complexity index is 242. The molecule has 1 N–H and O–H groups in total. The van der Waals surface area contributed by atoms with Gasteiger partial charge in [0, 0.05) is 6.04 Å². The number of unbranched alkanes of at least 4 members (excludes halogenated alkanes) is 2. The van der Waals surface area contributed by atoms with E-state index in [1.54, 1.807) is 0 Å². The number of nitrogens with one attached hydrogen (secondary N) is 1. The van der Waals surface area contributed by atoms with E-state index in [0.29, 0.717) is 6.04 Å². The average Bonchev–Trinajstić information content (AvgIpc) is 3.17. The third-order valence-electron chi connectivity index (χ3n) is 3.44. The summed E-state index contributed by atoms with van der Waals surface area (Å²) in [6.45, 7) is 4.28. The number of rotatable bonds is 10. The maximum absolute atomic E-state index is 11.6. The van der Waals surface area contributed by atoms with Crippen molar-refractivity contribution in [2.45, 2.75) is 57.5 Å². The topological polar surface area (TPSA) is 41.6 Å². The van der Waals surface area contributed by atoms with E-state index in [0.717, 1.165) is 19.5 Å². The van der Waals surface area contributed by atoms with Gasteiger partial charge in [-0.1, -0.05) is 19.8 Å². The molecule has 1 fully saturated rings. The standard InChI is InChI=1S/C14H28N2O2/c1-4-5-6-10-16(2)11-9-13(14(17)18-3)15-12-7-8-12/h12-13,15H,4-11H2,1-3H3. The Morgan fingerprint density at radius 3 is 2.67 bits per heavy atom. The highest BCUT2D eigenvalue weighted by Crippen LogP contribution is 2.20. The molecule has 106 valence electrons. The minimum atomic E-state index is -0.129. The number of nitrogens with zero attached hydrogens (tertiary/aromatic N) is 1. The number of hydrogen-bond donors (Lipinski definition) is 1. The van der Waals surface area contributed by atoms with Gasteiger partial charge in [-0.05, 0) is 45.8 Å². The van der Waals surface area contributed by atoms with Crippen LogP contribution in [0.4, 0.5) is 0 Å². The molecule has 0 aromatic carbocycles. The molecule has 4 heteroatoms. The largest absolute Gasteiger partial charge is 0.468 e. The van der Waals surface area contributed by atoms with Crippen molar-refractivity contribution in [2.24, 2.45) is 0 Å². The third-order valence-corrected chi connectivity index (χ3v) is 3.44. The van der Waals surface area contributed by atoms with Crippen LogP contribution in [-0.4, -0.2) is 50.2 Å². The molecule has 1 aliphatic carbocycles. The van der Waals surface area contributed by atoms with Gasteiger partial charge < -0.3 is 15.0 Å². The van der Waals surface area contributed by atoms with Crippen molar-refractivity contribution in [1.82, 2.24) is 10.2 Å². The Morgan fingerprint density at radius 1 is 1.39 bits per heavy atom. The monoisotopic (exact) mass is 256 g/mol. The molecule has 1 rings (SSSR count). The molecule has 1 aliphatic rings. The molecule has 0 aromatic heterocycles. The van der Waals surface area contributed by atoms with E-state index in [2.05, 4.69) is 24.2 Å². The zero-order chi connectivity index (χ0) is 13.4. The maximum atomic E-state index is 11.6. The highest BCUT2D eigenvalue weighted by molar-refractivity contribution is 5.75. The molecule has 0 aromatic rings. The van der Waals surface area contributed by atoms with Gasteiger partial charge in [-0.15, -0.1) is 0 Å². The van der Waals surface area contributed by atoms with Crippen molar-refractivity contribution >= 4 is 5.97 Å². The molecule has 1 atom stereocenters. The Labute approximate surface area is 111 Å². The van der Waals surface area contributed by atoms with Crippen LogP contribution in [0.25, 0.3) is 0 Å². The van der Waals surface area contributed by atoms with Crippen molar-refractivity contribution in [2.75, 3.05) is 27.2 Å². The molecule has 4 nitrogen and oxygen atoms in total. The summed E-state index contributed by atoms with van der Waals surface area (Å²) in [6, 6.07) is 0.413. The molecular weight excluding hydrogens is 228 g/mol. The van der Waals surface area contributed by atoms with E-state index in [-0.39, 0.29) is 12.0 Å². The Balaban J connectivity index is 2.20. The fourth-order valence-corrected chi connectivity index (χ4v) is 2.04. The lowest BCUT2D eigenvalue weighted by Crippen LogP contribution is -2.41. The highest BCUT2D eigenvalue weighted by atomic mass is 16.5. The zero-order valence-corrected chi connectivity index (χ0v) is 12.1. The highest BCUT2D eigenvalue weighted by Gasteiger charge is 2.28. The smallest absolute Gasteiger partial charge is 0.322 e.